The van der Waals surface area contributed by atoms with Gasteiger partial charge in [0.1, 0.15) is 5.75 Å². The van der Waals surface area contributed by atoms with E-state index in [0.717, 1.165) is 33.9 Å². The lowest BCUT2D eigenvalue weighted by Crippen LogP contribution is -2.05. The fourth-order valence-electron chi connectivity index (χ4n) is 2.52. The van der Waals surface area contributed by atoms with E-state index in [1.54, 1.807) is 7.11 Å². The summed E-state index contributed by atoms with van der Waals surface area (Å²) >= 11 is 0. The van der Waals surface area contributed by atoms with E-state index >= 15 is 0 Å². The number of benzene rings is 1. The van der Waals surface area contributed by atoms with E-state index in [0.29, 0.717) is 0 Å². The lowest BCUT2D eigenvalue weighted by molar-refractivity contribution is -0.136. The zero-order chi connectivity index (χ0) is 14.4. The minimum absolute atomic E-state index is 0.0271. The molecule has 2 heterocycles. The smallest absolute Gasteiger partial charge is 0.309 e. The first-order valence-electron chi connectivity index (χ1n) is 6.25. The number of rotatable bonds is 3. The number of imidazole rings is 2. The van der Waals surface area contributed by atoms with Gasteiger partial charge in [-0.25, -0.2) is 4.98 Å². The van der Waals surface area contributed by atoms with E-state index in [1.165, 1.54) is 0 Å². The molecule has 104 valence electrons. The summed E-state index contributed by atoms with van der Waals surface area (Å²) in [6.45, 7) is 1.91. The first kappa shape index (κ1) is 12.5. The molecule has 0 spiro atoms. The molecule has 0 atom stereocenters. The molecule has 3 aromatic rings. The van der Waals surface area contributed by atoms with E-state index in [9.17, 15) is 4.79 Å². The highest BCUT2D eigenvalue weighted by Crippen LogP contribution is 2.26. The number of nitrogens with zero attached hydrogens (tertiary/aromatic N) is 3. The molecule has 6 heteroatoms. The number of aromatic nitrogens is 3. The minimum atomic E-state index is -0.851. The van der Waals surface area contributed by atoms with E-state index in [4.69, 9.17) is 9.84 Å². The number of methoxy groups -OCH3 is 1. The SMILES string of the molecule is COc1ccc2c(c1)nc1n(C)c(C)c(CC(=O)O)n21. The second-order valence-electron chi connectivity index (χ2n) is 4.76. The van der Waals surface area contributed by atoms with Crippen molar-refractivity contribution in [1.82, 2.24) is 14.0 Å². The Balaban J connectivity index is 2.37. The van der Waals surface area contributed by atoms with Crippen molar-refractivity contribution in [2.24, 2.45) is 7.05 Å². The highest BCUT2D eigenvalue weighted by atomic mass is 16.5. The van der Waals surface area contributed by atoms with Gasteiger partial charge in [-0.05, 0) is 19.1 Å². The normalized spacial score (nSPS) is 11.3. The number of fused-ring (bicyclic) bond motifs is 3. The Labute approximate surface area is 115 Å². The van der Waals surface area contributed by atoms with Gasteiger partial charge in [0.2, 0.25) is 5.78 Å². The highest BCUT2D eigenvalue weighted by Gasteiger charge is 2.18. The van der Waals surface area contributed by atoms with Crippen LogP contribution in [0.3, 0.4) is 0 Å². The number of ether oxygens (including phenoxy) is 1. The van der Waals surface area contributed by atoms with Crippen LogP contribution in [-0.4, -0.2) is 32.1 Å². The van der Waals surface area contributed by atoms with Crippen LogP contribution >= 0.6 is 0 Å². The maximum absolute atomic E-state index is 11.1. The van der Waals surface area contributed by atoms with Gasteiger partial charge < -0.3 is 14.4 Å². The largest absolute Gasteiger partial charge is 0.497 e. The minimum Gasteiger partial charge on any atom is -0.497 e. The number of aryl methyl sites for hydroxylation is 1. The van der Waals surface area contributed by atoms with Crippen LogP contribution in [0.25, 0.3) is 16.8 Å². The van der Waals surface area contributed by atoms with E-state index in [-0.39, 0.29) is 6.42 Å². The van der Waals surface area contributed by atoms with Crippen molar-refractivity contribution in [3.05, 3.63) is 29.6 Å². The monoisotopic (exact) mass is 273 g/mol. The molecule has 0 radical (unpaired) electrons. The van der Waals surface area contributed by atoms with Crippen LogP contribution in [0.15, 0.2) is 18.2 Å². The number of carbonyl (C=O) groups is 1. The Kier molecular flexibility index (Phi) is 2.67. The summed E-state index contributed by atoms with van der Waals surface area (Å²) in [6, 6.07) is 5.60. The molecule has 6 nitrogen and oxygen atoms in total. The highest BCUT2D eigenvalue weighted by molar-refractivity contribution is 5.83. The Hall–Kier alpha value is -2.50. The first-order valence-corrected chi connectivity index (χ1v) is 6.25. The summed E-state index contributed by atoms with van der Waals surface area (Å²) in [4.78, 5) is 15.6. The summed E-state index contributed by atoms with van der Waals surface area (Å²) in [5.74, 6) is 0.621. The van der Waals surface area contributed by atoms with Crippen LogP contribution in [0.4, 0.5) is 0 Å². The van der Waals surface area contributed by atoms with Gasteiger partial charge in [-0.1, -0.05) is 0 Å². The molecule has 0 aliphatic rings. The van der Waals surface area contributed by atoms with Crippen LogP contribution in [-0.2, 0) is 18.3 Å². The molecule has 3 rings (SSSR count). The molecule has 1 aromatic carbocycles. The first-order chi connectivity index (χ1) is 9.52. The second-order valence-corrected chi connectivity index (χ2v) is 4.76. The molecule has 0 bridgehead atoms. The molecular weight excluding hydrogens is 258 g/mol. The predicted molar refractivity (Wildman–Crippen MR) is 74.3 cm³/mol. The molecule has 20 heavy (non-hydrogen) atoms. The Bertz CT molecular complexity index is 829. The molecular formula is C14H15N3O3. The van der Waals surface area contributed by atoms with Crippen molar-refractivity contribution in [3.8, 4) is 5.75 Å². The average molecular weight is 273 g/mol. The Morgan fingerprint density at radius 1 is 1.45 bits per heavy atom. The average Bonchev–Trinajstić information content (AvgIpc) is 2.89. The van der Waals surface area contributed by atoms with E-state index in [1.807, 2.05) is 41.1 Å². The summed E-state index contributed by atoms with van der Waals surface area (Å²) in [6.07, 6.45) is -0.0271. The summed E-state index contributed by atoms with van der Waals surface area (Å²) in [5, 5.41) is 9.09. The van der Waals surface area contributed by atoms with Crippen LogP contribution in [0.5, 0.6) is 5.75 Å². The summed E-state index contributed by atoms with van der Waals surface area (Å²) < 4.78 is 9.00. The lowest BCUT2D eigenvalue weighted by Gasteiger charge is -2.02. The molecule has 0 saturated heterocycles. The number of hydrogen-bond donors (Lipinski definition) is 1. The van der Waals surface area contributed by atoms with Crippen molar-refractivity contribution in [3.63, 3.8) is 0 Å². The maximum atomic E-state index is 11.1. The Morgan fingerprint density at radius 2 is 2.20 bits per heavy atom. The summed E-state index contributed by atoms with van der Waals surface area (Å²) in [7, 11) is 3.50. The van der Waals surface area contributed by atoms with Crippen LogP contribution in [0.1, 0.15) is 11.4 Å². The fourth-order valence-corrected chi connectivity index (χ4v) is 2.52. The van der Waals surface area contributed by atoms with Crippen molar-refractivity contribution < 1.29 is 14.6 Å². The molecule has 0 aliphatic carbocycles. The molecule has 0 unspecified atom stereocenters. The van der Waals surface area contributed by atoms with Gasteiger partial charge in [0, 0.05) is 18.8 Å². The molecule has 0 aliphatic heterocycles. The van der Waals surface area contributed by atoms with Crippen molar-refractivity contribution in [2.45, 2.75) is 13.3 Å². The molecule has 0 amide bonds. The zero-order valence-corrected chi connectivity index (χ0v) is 11.5. The van der Waals surface area contributed by atoms with Crippen molar-refractivity contribution >= 4 is 22.8 Å². The number of aliphatic carboxylic acids is 1. The van der Waals surface area contributed by atoms with Gasteiger partial charge >= 0.3 is 5.97 Å². The fraction of sp³-hybridized carbons (Fsp3) is 0.286. The molecule has 1 N–H and O–H groups in total. The van der Waals surface area contributed by atoms with Gasteiger partial charge in [-0.2, -0.15) is 0 Å². The van der Waals surface area contributed by atoms with E-state index < -0.39 is 5.97 Å². The zero-order valence-electron chi connectivity index (χ0n) is 11.5. The number of carboxylic acid groups (broad SMARTS) is 1. The molecule has 0 saturated carbocycles. The summed E-state index contributed by atoms with van der Waals surface area (Å²) in [5.41, 5.74) is 3.35. The van der Waals surface area contributed by atoms with Gasteiger partial charge in [-0.15, -0.1) is 0 Å². The van der Waals surface area contributed by atoms with Gasteiger partial charge in [-0.3, -0.25) is 9.20 Å². The lowest BCUT2D eigenvalue weighted by atomic mass is 10.2. The standard InChI is InChI=1S/C14H15N3O3/c1-8-12(7-13(18)19)17-11-5-4-9(20-3)6-10(11)15-14(17)16(8)2/h4-6H,7H2,1-3H3,(H,18,19). The molecule has 2 aromatic heterocycles. The van der Waals surface area contributed by atoms with Crippen molar-refractivity contribution in [1.29, 1.82) is 0 Å². The topological polar surface area (TPSA) is 68.8 Å². The van der Waals surface area contributed by atoms with Crippen LogP contribution < -0.4 is 4.74 Å². The third-order valence-electron chi connectivity index (χ3n) is 3.65. The third kappa shape index (κ3) is 1.65. The Morgan fingerprint density at radius 3 is 2.85 bits per heavy atom. The van der Waals surface area contributed by atoms with Crippen molar-refractivity contribution in [2.75, 3.05) is 7.11 Å². The molecule has 0 fully saturated rings. The maximum Gasteiger partial charge on any atom is 0.309 e. The van der Waals surface area contributed by atoms with Crippen LogP contribution in [0, 0.1) is 6.92 Å². The van der Waals surface area contributed by atoms with Crippen LogP contribution in [0.2, 0.25) is 0 Å². The van der Waals surface area contributed by atoms with Gasteiger partial charge in [0.15, 0.2) is 0 Å². The van der Waals surface area contributed by atoms with Gasteiger partial charge in [0.05, 0.1) is 30.3 Å². The number of carboxylic acids is 1. The third-order valence-corrected chi connectivity index (χ3v) is 3.65. The second kappa shape index (κ2) is 4.26. The van der Waals surface area contributed by atoms with Gasteiger partial charge in [0.25, 0.3) is 0 Å². The number of hydrogen-bond acceptors (Lipinski definition) is 3. The quantitative estimate of drug-likeness (QED) is 0.789. The van der Waals surface area contributed by atoms with E-state index in [2.05, 4.69) is 4.98 Å². The predicted octanol–water partition coefficient (Wildman–Crippen LogP) is 1.77.